The molecule has 0 radical (unpaired) electrons. The number of aromatic nitrogens is 2. The van der Waals surface area contributed by atoms with Crippen molar-refractivity contribution < 1.29 is 4.79 Å². The first-order valence-corrected chi connectivity index (χ1v) is 5.26. The molecule has 16 heavy (non-hydrogen) atoms. The third-order valence-electron chi connectivity index (χ3n) is 2.87. The molecule has 0 unspecified atom stereocenters. The van der Waals surface area contributed by atoms with E-state index >= 15 is 0 Å². The molecule has 0 atom stereocenters. The van der Waals surface area contributed by atoms with E-state index in [1.807, 2.05) is 0 Å². The molecule has 1 fully saturated rings. The summed E-state index contributed by atoms with van der Waals surface area (Å²) >= 11 is 0. The van der Waals surface area contributed by atoms with Gasteiger partial charge < -0.3 is 5.32 Å². The van der Waals surface area contributed by atoms with Gasteiger partial charge in [0, 0.05) is 0 Å². The Bertz CT molecular complexity index is 417. The second-order valence-electron chi connectivity index (χ2n) is 3.99. The molecule has 1 heterocycles. The van der Waals surface area contributed by atoms with Crippen LogP contribution in [0.15, 0.2) is 18.5 Å². The van der Waals surface area contributed by atoms with Crippen LogP contribution in [-0.4, -0.2) is 21.6 Å². The Morgan fingerprint density at radius 2 is 2.19 bits per heavy atom. The van der Waals surface area contributed by atoms with E-state index in [9.17, 15) is 4.79 Å². The summed E-state index contributed by atoms with van der Waals surface area (Å²) in [6, 6.07) is 3.80. The highest BCUT2D eigenvalue weighted by molar-refractivity contribution is 5.94. The van der Waals surface area contributed by atoms with Crippen LogP contribution in [-0.2, 0) is 0 Å². The quantitative estimate of drug-likeness (QED) is 0.801. The second kappa shape index (κ2) is 4.27. The summed E-state index contributed by atoms with van der Waals surface area (Å²) < 4.78 is 0. The van der Waals surface area contributed by atoms with Gasteiger partial charge in [0.2, 0.25) is 0 Å². The van der Waals surface area contributed by atoms with Crippen LogP contribution in [0, 0.1) is 11.3 Å². The summed E-state index contributed by atoms with van der Waals surface area (Å²) in [7, 11) is 0. The summed E-state index contributed by atoms with van der Waals surface area (Å²) in [4.78, 5) is 11.8. The zero-order valence-corrected chi connectivity index (χ0v) is 8.81. The number of hydrogen-bond donors (Lipinski definition) is 1. The maximum absolute atomic E-state index is 11.8. The van der Waals surface area contributed by atoms with Crippen LogP contribution in [0.3, 0.4) is 0 Å². The number of rotatable bonds is 2. The molecular formula is C11H12N4O. The minimum absolute atomic E-state index is 0.252. The van der Waals surface area contributed by atoms with Gasteiger partial charge in [0.15, 0.2) is 0 Å². The van der Waals surface area contributed by atoms with Gasteiger partial charge in [-0.05, 0) is 31.7 Å². The molecule has 0 aliphatic heterocycles. The molecule has 1 amide bonds. The van der Waals surface area contributed by atoms with E-state index in [4.69, 9.17) is 5.26 Å². The van der Waals surface area contributed by atoms with Gasteiger partial charge in [0.25, 0.3) is 5.91 Å². The van der Waals surface area contributed by atoms with Crippen LogP contribution >= 0.6 is 0 Å². The summed E-state index contributed by atoms with van der Waals surface area (Å²) in [5.41, 5.74) is -0.239. The van der Waals surface area contributed by atoms with Crippen molar-refractivity contribution in [2.75, 3.05) is 0 Å². The average Bonchev–Trinajstić information content (AvgIpc) is 2.79. The van der Waals surface area contributed by atoms with Gasteiger partial charge in [-0.1, -0.05) is 0 Å². The molecule has 0 bridgehead atoms. The molecule has 0 aromatic carbocycles. The molecule has 0 saturated heterocycles. The van der Waals surface area contributed by atoms with Gasteiger partial charge in [-0.3, -0.25) is 4.79 Å². The molecule has 82 valence electrons. The monoisotopic (exact) mass is 216 g/mol. The van der Waals surface area contributed by atoms with E-state index in [0.717, 1.165) is 25.7 Å². The lowest BCUT2D eigenvalue weighted by atomic mass is 9.99. The topological polar surface area (TPSA) is 78.7 Å². The van der Waals surface area contributed by atoms with Crippen LogP contribution in [0.2, 0.25) is 0 Å². The number of nitriles is 1. The predicted molar refractivity (Wildman–Crippen MR) is 56.3 cm³/mol. The lowest BCUT2D eigenvalue weighted by Crippen LogP contribution is -2.45. The number of carbonyl (C=O) groups excluding carboxylic acids is 1. The van der Waals surface area contributed by atoms with E-state index in [-0.39, 0.29) is 5.91 Å². The SMILES string of the molecule is N#CC1(NC(=O)c2ccnnc2)CCCC1. The van der Waals surface area contributed by atoms with Crippen molar-refractivity contribution in [2.45, 2.75) is 31.2 Å². The van der Waals surface area contributed by atoms with Crippen molar-refractivity contribution in [1.82, 2.24) is 15.5 Å². The fourth-order valence-electron chi connectivity index (χ4n) is 1.96. The largest absolute Gasteiger partial charge is 0.334 e. The zero-order chi connectivity index (χ0) is 11.4. The van der Waals surface area contributed by atoms with Gasteiger partial charge >= 0.3 is 0 Å². The maximum atomic E-state index is 11.8. The fourth-order valence-corrected chi connectivity index (χ4v) is 1.96. The van der Waals surface area contributed by atoms with Gasteiger partial charge in [-0.15, -0.1) is 0 Å². The predicted octanol–water partition coefficient (Wildman–Crippen LogP) is 1.04. The van der Waals surface area contributed by atoms with Gasteiger partial charge in [0.1, 0.15) is 5.54 Å². The van der Waals surface area contributed by atoms with Crippen molar-refractivity contribution in [3.8, 4) is 6.07 Å². The highest BCUT2D eigenvalue weighted by Gasteiger charge is 2.35. The van der Waals surface area contributed by atoms with Crippen molar-refractivity contribution >= 4 is 5.91 Å². The third kappa shape index (κ3) is 2.01. The van der Waals surface area contributed by atoms with E-state index in [2.05, 4.69) is 21.6 Å². The number of carbonyl (C=O) groups is 1. The first-order valence-electron chi connectivity index (χ1n) is 5.26. The molecule has 1 aliphatic carbocycles. The third-order valence-corrected chi connectivity index (χ3v) is 2.87. The molecule has 1 N–H and O–H groups in total. The van der Waals surface area contributed by atoms with Crippen molar-refractivity contribution in [3.63, 3.8) is 0 Å². The molecule has 1 aromatic heterocycles. The van der Waals surface area contributed by atoms with Gasteiger partial charge in [-0.25, -0.2) is 0 Å². The number of nitrogens with zero attached hydrogens (tertiary/aromatic N) is 3. The Hall–Kier alpha value is -1.96. The molecule has 5 heteroatoms. The van der Waals surface area contributed by atoms with E-state index < -0.39 is 5.54 Å². The average molecular weight is 216 g/mol. The fraction of sp³-hybridized carbons (Fsp3) is 0.455. The van der Waals surface area contributed by atoms with Crippen LogP contribution in [0.5, 0.6) is 0 Å². The Morgan fingerprint density at radius 1 is 1.44 bits per heavy atom. The Balaban J connectivity index is 2.11. The van der Waals surface area contributed by atoms with Crippen LogP contribution in [0.25, 0.3) is 0 Å². The van der Waals surface area contributed by atoms with Gasteiger partial charge in [-0.2, -0.15) is 15.5 Å². The summed E-state index contributed by atoms with van der Waals surface area (Å²) in [6.07, 6.45) is 6.30. The van der Waals surface area contributed by atoms with Crippen LogP contribution in [0.1, 0.15) is 36.0 Å². The number of amides is 1. The maximum Gasteiger partial charge on any atom is 0.254 e. The van der Waals surface area contributed by atoms with E-state index in [1.165, 1.54) is 12.4 Å². The molecule has 0 spiro atoms. The van der Waals surface area contributed by atoms with Crippen LogP contribution in [0.4, 0.5) is 0 Å². The Kier molecular flexibility index (Phi) is 2.82. The number of hydrogen-bond acceptors (Lipinski definition) is 4. The van der Waals surface area contributed by atoms with Crippen molar-refractivity contribution in [3.05, 3.63) is 24.0 Å². The highest BCUT2D eigenvalue weighted by Crippen LogP contribution is 2.29. The smallest absolute Gasteiger partial charge is 0.254 e. The minimum Gasteiger partial charge on any atom is -0.334 e. The van der Waals surface area contributed by atoms with Crippen molar-refractivity contribution in [2.24, 2.45) is 0 Å². The molecule has 2 rings (SSSR count). The molecular weight excluding hydrogens is 204 g/mol. The normalized spacial score (nSPS) is 17.7. The molecule has 5 nitrogen and oxygen atoms in total. The van der Waals surface area contributed by atoms with Gasteiger partial charge in [0.05, 0.1) is 24.0 Å². The molecule has 1 aromatic rings. The van der Waals surface area contributed by atoms with Crippen molar-refractivity contribution in [1.29, 1.82) is 5.26 Å². The molecule has 1 saturated carbocycles. The first kappa shape index (κ1) is 10.6. The lowest BCUT2D eigenvalue weighted by Gasteiger charge is -2.21. The summed E-state index contributed by atoms with van der Waals surface area (Å²) in [5, 5.41) is 19.1. The highest BCUT2D eigenvalue weighted by atomic mass is 16.1. The molecule has 1 aliphatic rings. The second-order valence-corrected chi connectivity index (χ2v) is 3.99. The Labute approximate surface area is 93.5 Å². The summed E-state index contributed by atoms with van der Waals surface area (Å²) in [6.45, 7) is 0. The summed E-state index contributed by atoms with van der Waals surface area (Å²) in [5.74, 6) is -0.252. The van der Waals surface area contributed by atoms with E-state index in [1.54, 1.807) is 6.07 Å². The van der Waals surface area contributed by atoms with Crippen LogP contribution < -0.4 is 5.32 Å². The zero-order valence-electron chi connectivity index (χ0n) is 8.81. The minimum atomic E-state index is -0.680. The van der Waals surface area contributed by atoms with E-state index in [0.29, 0.717) is 5.56 Å². The standard InChI is InChI=1S/C11H12N4O/c12-8-11(4-1-2-5-11)15-10(16)9-3-6-13-14-7-9/h3,6-7H,1-2,4-5H2,(H,15,16). The Morgan fingerprint density at radius 3 is 2.75 bits per heavy atom. The lowest BCUT2D eigenvalue weighted by molar-refractivity contribution is 0.0920. The first-order chi connectivity index (χ1) is 7.76. The number of nitrogens with one attached hydrogen (secondary N) is 1.